The first-order valence-corrected chi connectivity index (χ1v) is 6.78. The fraction of sp³-hybridized carbons (Fsp3) is 0.267. The van der Waals surface area contributed by atoms with Crippen LogP contribution in [0.3, 0.4) is 0 Å². The van der Waals surface area contributed by atoms with Crippen LogP contribution in [0.1, 0.15) is 23.7 Å². The number of methoxy groups -OCH3 is 1. The van der Waals surface area contributed by atoms with Crippen LogP contribution in [0, 0.1) is 5.82 Å². The van der Waals surface area contributed by atoms with Gasteiger partial charge in [-0.15, -0.1) is 0 Å². The summed E-state index contributed by atoms with van der Waals surface area (Å²) in [5, 5.41) is 9.44. The second-order valence-electron chi connectivity index (χ2n) is 5.24. The molecule has 0 saturated heterocycles. The predicted molar refractivity (Wildman–Crippen MR) is 80.7 cm³/mol. The Bertz CT molecular complexity index is 620. The average Bonchev–Trinajstić information content (AvgIpc) is 2.52. The largest absolute Gasteiger partial charge is 0.496 e. The van der Waals surface area contributed by atoms with Gasteiger partial charge in [0.2, 0.25) is 0 Å². The molecule has 2 rings (SSSR count). The highest BCUT2D eigenvalue weighted by Crippen LogP contribution is 2.37. The Balaban J connectivity index is 2.02. The van der Waals surface area contributed by atoms with Gasteiger partial charge in [0.05, 0.1) is 12.7 Å². The van der Waals surface area contributed by atoms with Gasteiger partial charge in [0.15, 0.2) is 0 Å². The average molecular weight is 305 g/mol. The summed E-state index contributed by atoms with van der Waals surface area (Å²) in [6, 6.07) is 3.57. The molecule has 1 atom stereocenters. The smallest absolute Gasteiger partial charge is 0.489 e. The van der Waals surface area contributed by atoms with Crippen LogP contribution in [0.15, 0.2) is 42.5 Å². The lowest BCUT2D eigenvalue weighted by molar-refractivity contribution is 0.0690. The van der Waals surface area contributed by atoms with Crippen molar-refractivity contribution in [1.29, 1.82) is 0 Å². The van der Waals surface area contributed by atoms with Crippen LogP contribution in [0.5, 0.6) is 5.75 Å². The number of rotatable bonds is 5. The van der Waals surface area contributed by atoms with Crippen molar-refractivity contribution in [1.82, 2.24) is 5.48 Å². The number of hydrogen-bond donors (Lipinski definition) is 2. The lowest BCUT2D eigenvalue weighted by atomic mass is 9.56. The van der Waals surface area contributed by atoms with E-state index >= 15 is 0 Å². The van der Waals surface area contributed by atoms with E-state index in [0.717, 1.165) is 6.07 Å². The van der Waals surface area contributed by atoms with Gasteiger partial charge in [-0.3, -0.25) is 9.55 Å². The van der Waals surface area contributed by atoms with Gasteiger partial charge < -0.3 is 9.76 Å². The highest BCUT2D eigenvalue weighted by Gasteiger charge is 2.38. The first kappa shape index (κ1) is 16.3. The lowest BCUT2D eigenvalue weighted by Crippen LogP contribution is -2.40. The van der Waals surface area contributed by atoms with Crippen molar-refractivity contribution >= 4 is 13.0 Å². The number of halogens is 1. The minimum absolute atomic E-state index is 0.0149. The van der Waals surface area contributed by atoms with Gasteiger partial charge >= 0.3 is 7.12 Å². The van der Waals surface area contributed by atoms with E-state index in [4.69, 9.17) is 9.49 Å². The minimum atomic E-state index is -1.24. The fourth-order valence-electron chi connectivity index (χ4n) is 2.08. The van der Waals surface area contributed by atoms with Gasteiger partial charge in [-0.25, -0.2) is 9.87 Å². The minimum Gasteiger partial charge on any atom is -0.496 e. The molecule has 5 nitrogen and oxygen atoms in total. The number of benzene rings is 1. The predicted octanol–water partition coefficient (Wildman–Crippen LogP) is 2.25. The zero-order valence-electron chi connectivity index (χ0n) is 12.4. The summed E-state index contributed by atoms with van der Waals surface area (Å²) in [6.45, 7) is 1.80. The van der Waals surface area contributed by atoms with Gasteiger partial charge in [-0.05, 0) is 24.6 Å². The van der Waals surface area contributed by atoms with Crippen LogP contribution in [0.25, 0.3) is 0 Å². The summed E-state index contributed by atoms with van der Waals surface area (Å²) in [5.41, 5.74) is 2.11. The third kappa shape index (κ3) is 3.55. The van der Waals surface area contributed by atoms with E-state index in [9.17, 15) is 14.2 Å². The van der Waals surface area contributed by atoms with Gasteiger partial charge in [-0.1, -0.05) is 31.2 Å². The van der Waals surface area contributed by atoms with Crippen molar-refractivity contribution < 1.29 is 23.7 Å². The van der Waals surface area contributed by atoms with Gasteiger partial charge in [0.1, 0.15) is 11.6 Å². The number of hydroxylamine groups is 1. The molecular weight excluding hydrogens is 288 g/mol. The second kappa shape index (κ2) is 6.76. The van der Waals surface area contributed by atoms with Crippen LogP contribution in [-0.2, 0) is 4.76 Å². The van der Waals surface area contributed by atoms with Crippen LogP contribution >= 0.6 is 0 Å². The molecule has 2 N–H and O–H groups in total. The number of amides is 1. The third-order valence-electron chi connectivity index (χ3n) is 3.52. The molecule has 0 radical (unpaired) electrons. The Hall–Kier alpha value is -2.12. The molecular formula is C15H17BFNO4. The SMILES string of the molecule is COc1ccc(F)cc1C(=O)NOB(O)C1(C)C=CC=CC1. The number of carbonyl (C=O) groups is 1. The molecule has 7 heteroatoms. The molecule has 1 amide bonds. The molecule has 0 aromatic heterocycles. The lowest BCUT2D eigenvalue weighted by Gasteiger charge is -2.27. The number of hydrogen-bond acceptors (Lipinski definition) is 4. The highest BCUT2D eigenvalue weighted by molar-refractivity contribution is 6.48. The summed E-state index contributed by atoms with van der Waals surface area (Å²) >= 11 is 0. The van der Waals surface area contributed by atoms with Crippen molar-refractivity contribution in [3.8, 4) is 5.75 Å². The van der Waals surface area contributed by atoms with Crippen LogP contribution < -0.4 is 10.2 Å². The number of carbonyl (C=O) groups excluding carboxylic acids is 1. The quantitative estimate of drug-likeness (QED) is 0.647. The molecule has 116 valence electrons. The molecule has 1 aromatic carbocycles. The monoisotopic (exact) mass is 305 g/mol. The van der Waals surface area contributed by atoms with Gasteiger partial charge in [0.25, 0.3) is 5.91 Å². The van der Waals surface area contributed by atoms with E-state index in [1.54, 1.807) is 19.1 Å². The molecule has 0 saturated carbocycles. The van der Waals surface area contributed by atoms with Crippen molar-refractivity contribution in [2.75, 3.05) is 7.11 Å². The molecule has 1 aliphatic carbocycles. The third-order valence-corrected chi connectivity index (χ3v) is 3.52. The van der Waals surface area contributed by atoms with Crippen molar-refractivity contribution in [2.24, 2.45) is 0 Å². The first-order chi connectivity index (χ1) is 10.5. The number of nitrogens with one attached hydrogen (secondary N) is 1. The van der Waals surface area contributed by atoms with Crippen LogP contribution in [0.4, 0.5) is 4.39 Å². The van der Waals surface area contributed by atoms with E-state index in [1.807, 2.05) is 12.2 Å². The summed E-state index contributed by atoms with van der Waals surface area (Å²) < 4.78 is 23.3. The van der Waals surface area contributed by atoms with E-state index in [0.29, 0.717) is 6.42 Å². The number of ether oxygens (including phenoxy) is 1. The van der Waals surface area contributed by atoms with Crippen LogP contribution in [0.2, 0.25) is 5.31 Å². The summed E-state index contributed by atoms with van der Waals surface area (Å²) in [4.78, 5) is 12.0. The maximum atomic E-state index is 13.3. The first-order valence-electron chi connectivity index (χ1n) is 6.78. The molecule has 1 aromatic rings. The van der Waals surface area contributed by atoms with E-state index in [2.05, 4.69) is 5.48 Å². The maximum Gasteiger partial charge on any atom is 0.489 e. The Kier molecular flexibility index (Phi) is 5.00. The van der Waals surface area contributed by atoms with Gasteiger partial charge in [-0.2, -0.15) is 0 Å². The molecule has 0 fully saturated rings. The molecule has 1 aliphatic rings. The second-order valence-corrected chi connectivity index (χ2v) is 5.24. The standard InChI is InChI=1S/C15H17BFNO4/c1-15(8-4-3-5-9-15)16(20)22-18-14(19)12-10-11(17)6-7-13(12)21-2/h3-8,10,20H,9H2,1-2H3,(H,18,19). The highest BCUT2D eigenvalue weighted by atomic mass is 19.1. The van der Waals surface area contributed by atoms with Crippen LogP contribution in [-0.4, -0.2) is 25.2 Å². The molecule has 1 unspecified atom stereocenters. The normalized spacial score (nSPS) is 19.8. The topological polar surface area (TPSA) is 67.8 Å². The molecule has 0 spiro atoms. The van der Waals surface area contributed by atoms with E-state index in [1.165, 1.54) is 19.2 Å². The van der Waals surface area contributed by atoms with Crippen molar-refractivity contribution in [2.45, 2.75) is 18.7 Å². The zero-order valence-corrected chi connectivity index (χ0v) is 12.4. The molecule has 0 aliphatic heterocycles. The fourth-order valence-corrected chi connectivity index (χ4v) is 2.08. The van der Waals surface area contributed by atoms with Crippen molar-refractivity contribution in [3.63, 3.8) is 0 Å². The van der Waals surface area contributed by atoms with E-state index in [-0.39, 0.29) is 11.3 Å². The van der Waals surface area contributed by atoms with E-state index < -0.39 is 24.2 Å². The molecule has 22 heavy (non-hydrogen) atoms. The summed E-state index contributed by atoms with van der Waals surface area (Å²) in [6.07, 6.45) is 7.93. The Morgan fingerprint density at radius 1 is 1.45 bits per heavy atom. The molecule has 0 heterocycles. The Morgan fingerprint density at radius 3 is 2.86 bits per heavy atom. The maximum absolute atomic E-state index is 13.3. The van der Waals surface area contributed by atoms with Gasteiger partial charge in [0, 0.05) is 5.31 Å². The zero-order chi connectivity index (χ0) is 16.2. The summed E-state index contributed by atoms with van der Waals surface area (Å²) in [7, 11) is 0.136. The van der Waals surface area contributed by atoms with Crippen molar-refractivity contribution in [3.05, 3.63) is 53.9 Å². The summed E-state index contributed by atoms with van der Waals surface area (Å²) in [5.74, 6) is -1.06. The number of allylic oxidation sites excluding steroid dienone is 4. The Labute approximate surface area is 128 Å². The Morgan fingerprint density at radius 2 is 2.23 bits per heavy atom. The molecule has 0 bridgehead atoms.